The smallest absolute Gasteiger partial charge is 0.166 e. The van der Waals surface area contributed by atoms with E-state index in [1.165, 1.54) is 10.9 Å². The highest BCUT2D eigenvalue weighted by molar-refractivity contribution is 5.44. The molecule has 0 amide bonds. The molecule has 1 aromatic heterocycles. The second-order valence-electron chi connectivity index (χ2n) is 3.73. The zero-order valence-corrected chi connectivity index (χ0v) is 8.76. The molecule has 1 fully saturated rings. The van der Waals surface area contributed by atoms with Crippen LogP contribution in [-0.4, -0.2) is 49.8 Å². The molecule has 8 heteroatoms. The van der Waals surface area contributed by atoms with Crippen LogP contribution in [0.5, 0.6) is 0 Å². The molecular formula is C9H12N4O4. The van der Waals surface area contributed by atoms with E-state index >= 15 is 0 Å². The van der Waals surface area contributed by atoms with Gasteiger partial charge in [-0.3, -0.25) is 4.57 Å². The van der Waals surface area contributed by atoms with Crippen molar-refractivity contribution in [3.05, 3.63) is 12.0 Å². The van der Waals surface area contributed by atoms with Gasteiger partial charge in [-0.05, 0) is 0 Å². The molecule has 1 saturated heterocycles. The molecular weight excluding hydrogens is 228 g/mol. The molecule has 0 saturated carbocycles. The fourth-order valence-electron chi connectivity index (χ4n) is 1.79. The number of nitrogens with zero attached hydrogens (tertiary/aromatic N) is 3. The Morgan fingerprint density at radius 1 is 1.53 bits per heavy atom. The highest BCUT2D eigenvalue weighted by Gasteiger charge is 2.44. The predicted molar refractivity (Wildman–Crippen MR) is 54.4 cm³/mol. The van der Waals surface area contributed by atoms with E-state index in [0.717, 1.165) is 0 Å². The summed E-state index contributed by atoms with van der Waals surface area (Å²) in [7, 11) is 0. The van der Waals surface area contributed by atoms with Gasteiger partial charge in [-0.2, -0.15) is 5.26 Å². The number of nitrogens with two attached hydrogens (primary N) is 1. The van der Waals surface area contributed by atoms with Crippen LogP contribution in [0.15, 0.2) is 6.33 Å². The Hall–Kier alpha value is -1.66. The van der Waals surface area contributed by atoms with E-state index in [2.05, 4.69) is 4.98 Å². The number of imidazole rings is 1. The zero-order valence-electron chi connectivity index (χ0n) is 8.76. The third kappa shape index (κ3) is 1.75. The van der Waals surface area contributed by atoms with Gasteiger partial charge in [-0.15, -0.1) is 0 Å². The summed E-state index contributed by atoms with van der Waals surface area (Å²) in [6, 6.07) is 1.83. The van der Waals surface area contributed by atoms with E-state index in [1.54, 1.807) is 0 Å². The number of aliphatic hydroxyl groups is 3. The summed E-state index contributed by atoms with van der Waals surface area (Å²) < 4.78 is 6.48. The van der Waals surface area contributed by atoms with Crippen molar-refractivity contribution in [1.82, 2.24) is 9.55 Å². The van der Waals surface area contributed by atoms with Crippen LogP contribution < -0.4 is 5.73 Å². The molecule has 0 bridgehead atoms. The van der Waals surface area contributed by atoms with Gasteiger partial charge < -0.3 is 25.8 Å². The molecule has 0 unspecified atom stereocenters. The van der Waals surface area contributed by atoms with E-state index in [9.17, 15) is 10.2 Å². The topological polar surface area (TPSA) is 138 Å². The van der Waals surface area contributed by atoms with Crippen molar-refractivity contribution in [3.8, 4) is 6.07 Å². The van der Waals surface area contributed by atoms with Gasteiger partial charge in [0.15, 0.2) is 17.7 Å². The fraction of sp³-hybridized carbons (Fsp3) is 0.556. The molecule has 5 N–H and O–H groups in total. The van der Waals surface area contributed by atoms with E-state index in [1.807, 2.05) is 6.07 Å². The Kier molecular flexibility index (Phi) is 2.99. The molecule has 17 heavy (non-hydrogen) atoms. The summed E-state index contributed by atoms with van der Waals surface area (Å²) in [6.07, 6.45) is -3.12. The lowest BCUT2D eigenvalue weighted by Gasteiger charge is -2.16. The van der Waals surface area contributed by atoms with Gasteiger partial charge in [0, 0.05) is 0 Å². The third-order valence-electron chi connectivity index (χ3n) is 2.72. The van der Waals surface area contributed by atoms with E-state index < -0.39 is 31.1 Å². The summed E-state index contributed by atoms with van der Waals surface area (Å²) in [4.78, 5) is 3.73. The van der Waals surface area contributed by atoms with Crippen LogP contribution in [0.3, 0.4) is 0 Å². The Balaban J connectivity index is 2.33. The minimum atomic E-state index is -1.26. The van der Waals surface area contributed by atoms with Crippen molar-refractivity contribution in [2.24, 2.45) is 0 Å². The normalized spacial score (nSPS) is 32.6. The van der Waals surface area contributed by atoms with Gasteiger partial charge in [0.1, 0.15) is 30.7 Å². The first-order chi connectivity index (χ1) is 8.10. The van der Waals surface area contributed by atoms with Gasteiger partial charge in [0.05, 0.1) is 6.61 Å². The van der Waals surface area contributed by atoms with Gasteiger partial charge in [-0.25, -0.2) is 4.98 Å². The number of nitriles is 1. The number of aromatic nitrogens is 2. The van der Waals surface area contributed by atoms with Crippen molar-refractivity contribution in [1.29, 1.82) is 5.26 Å². The number of hydrogen-bond acceptors (Lipinski definition) is 7. The lowest BCUT2D eigenvalue weighted by Crippen LogP contribution is -2.33. The van der Waals surface area contributed by atoms with E-state index in [0.29, 0.717) is 0 Å². The van der Waals surface area contributed by atoms with Crippen molar-refractivity contribution in [3.63, 3.8) is 0 Å². The van der Waals surface area contributed by atoms with Crippen molar-refractivity contribution < 1.29 is 20.1 Å². The summed E-state index contributed by atoms with van der Waals surface area (Å²) in [5.74, 6) is 0.0187. The quantitative estimate of drug-likeness (QED) is 0.466. The molecule has 1 aliphatic rings. The molecule has 4 atom stereocenters. The fourth-order valence-corrected chi connectivity index (χ4v) is 1.79. The monoisotopic (exact) mass is 240 g/mol. The maximum atomic E-state index is 9.76. The second kappa shape index (κ2) is 4.31. The lowest BCUT2D eigenvalue weighted by atomic mass is 10.1. The SMILES string of the molecule is N#Cc1c(N)ncn1[C@H]1O[C@@H](CO)[C@@H](O)[C@@H]1O. The van der Waals surface area contributed by atoms with Crippen LogP contribution in [0.1, 0.15) is 11.9 Å². The van der Waals surface area contributed by atoms with Crippen LogP contribution in [0.4, 0.5) is 5.82 Å². The summed E-state index contributed by atoms with van der Waals surface area (Å²) in [5.41, 5.74) is 5.50. The Labute approximate surface area is 96.5 Å². The molecule has 2 heterocycles. The van der Waals surface area contributed by atoms with Crippen molar-refractivity contribution >= 4 is 5.82 Å². The van der Waals surface area contributed by atoms with Crippen LogP contribution in [0.2, 0.25) is 0 Å². The number of rotatable bonds is 2. The summed E-state index contributed by atoms with van der Waals surface area (Å²) >= 11 is 0. The average molecular weight is 240 g/mol. The third-order valence-corrected chi connectivity index (χ3v) is 2.72. The Morgan fingerprint density at radius 3 is 2.76 bits per heavy atom. The van der Waals surface area contributed by atoms with E-state index in [4.69, 9.17) is 20.8 Å². The standard InChI is InChI=1S/C9H12N4O4/c10-1-4-8(11)12-3-13(4)9-7(16)6(15)5(2-14)17-9/h3,5-7,9,14-16H,2,11H2/t5-,6+,7-,9-/m0/s1. The number of nitrogen functional groups attached to an aromatic ring is 1. The minimum Gasteiger partial charge on any atom is -0.394 e. The van der Waals surface area contributed by atoms with E-state index in [-0.39, 0.29) is 11.5 Å². The molecule has 0 aliphatic carbocycles. The van der Waals surface area contributed by atoms with Crippen molar-refractivity contribution in [2.45, 2.75) is 24.5 Å². The Morgan fingerprint density at radius 2 is 2.24 bits per heavy atom. The number of ether oxygens (including phenoxy) is 1. The van der Waals surface area contributed by atoms with Gasteiger partial charge in [0.25, 0.3) is 0 Å². The first-order valence-electron chi connectivity index (χ1n) is 4.95. The largest absolute Gasteiger partial charge is 0.394 e. The summed E-state index contributed by atoms with van der Waals surface area (Å²) in [5, 5.41) is 37.2. The second-order valence-corrected chi connectivity index (χ2v) is 3.73. The lowest BCUT2D eigenvalue weighted by molar-refractivity contribution is -0.0531. The van der Waals surface area contributed by atoms with Gasteiger partial charge in [-0.1, -0.05) is 0 Å². The Bertz CT molecular complexity index is 454. The first-order valence-corrected chi connectivity index (χ1v) is 4.95. The number of hydrogen-bond donors (Lipinski definition) is 4. The predicted octanol–water partition coefficient (Wildman–Crippen LogP) is -2.05. The van der Waals surface area contributed by atoms with Crippen LogP contribution >= 0.6 is 0 Å². The van der Waals surface area contributed by atoms with Crippen LogP contribution in [0.25, 0.3) is 0 Å². The maximum Gasteiger partial charge on any atom is 0.166 e. The molecule has 0 radical (unpaired) electrons. The highest BCUT2D eigenvalue weighted by atomic mass is 16.6. The van der Waals surface area contributed by atoms with Gasteiger partial charge in [0.2, 0.25) is 0 Å². The average Bonchev–Trinajstić information content (AvgIpc) is 2.82. The number of anilines is 1. The summed E-state index contributed by atoms with van der Waals surface area (Å²) in [6.45, 7) is -0.430. The highest BCUT2D eigenvalue weighted by Crippen LogP contribution is 2.30. The van der Waals surface area contributed by atoms with Crippen LogP contribution in [0, 0.1) is 11.3 Å². The maximum absolute atomic E-state index is 9.76. The molecule has 0 aromatic carbocycles. The molecule has 1 aliphatic heterocycles. The first kappa shape index (κ1) is 11.8. The molecule has 0 spiro atoms. The zero-order chi connectivity index (χ0) is 12.6. The van der Waals surface area contributed by atoms with Gasteiger partial charge >= 0.3 is 0 Å². The minimum absolute atomic E-state index is 0.0187. The van der Waals surface area contributed by atoms with Crippen molar-refractivity contribution in [2.75, 3.05) is 12.3 Å². The molecule has 1 aromatic rings. The molecule has 2 rings (SSSR count). The van der Waals surface area contributed by atoms with Crippen LogP contribution in [-0.2, 0) is 4.74 Å². The molecule has 8 nitrogen and oxygen atoms in total. The molecule has 92 valence electrons. The number of aliphatic hydroxyl groups excluding tert-OH is 3.